The summed E-state index contributed by atoms with van der Waals surface area (Å²) in [4.78, 5) is 11.7. The number of hydrogen-bond donors (Lipinski definition) is 1. The number of rotatable bonds is 2. The van der Waals surface area contributed by atoms with E-state index in [1.165, 1.54) is 44.1 Å². The van der Waals surface area contributed by atoms with E-state index in [-0.39, 0.29) is 5.41 Å². The second-order valence-electron chi connectivity index (χ2n) is 8.38. The number of aliphatic carboxylic acids is 1. The lowest BCUT2D eigenvalue weighted by atomic mass is 9.47. The summed E-state index contributed by atoms with van der Waals surface area (Å²) < 4.78 is 0. The SMILES string of the molecule is CC1CCC2CC3=C(C(=O)O)CCC31C2(C)C1CCCC1. The van der Waals surface area contributed by atoms with E-state index >= 15 is 0 Å². The van der Waals surface area contributed by atoms with Gasteiger partial charge in [-0.1, -0.05) is 32.3 Å². The molecular formula is C19H28O2. The Morgan fingerprint density at radius 3 is 2.52 bits per heavy atom. The van der Waals surface area contributed by atoms with E-state index in [2.05, 4.69) is 13.8 Å². The fraction of sp³-hybridized carbons (Fsp3) is 0.842. The van der Waals surface area contributed by atoms with Crippen molar-refractivity contribution >= 4 is 5.97 Å². The molecule has 116 valence electrons. The quantitative estimate of drug-likeness (QED) is 0.793. The van der Waals surface area contributed by atoms with Gasteiger partial charge in [0.15, 0.2) is 0 Å². The van der Waals surface area contributed by atoms with Gasteiger partial charge in [-0.3, -0.25) is 0 Å². The maximum Gasteiger partial charge on any atom is 0.331 e. The second kappa shape index (κ2) is 4.36. The average molecular weight is 288 g/mol. The van der Waals surface area contributed by atoms with Crippen LogP contribution >= 0.6 is 0 Å². The summed E-state index contributed by atoms with van der Waals surface area (Å²) in [6.07, 6.45) is 11.2. The number of carboxylic acids is 1. The molecule has 0 aromatic heterocycles. The van der Waals surface area contributed by atoms with Gasteiger partial charge in [0.25, 0.3) is 0 Å². The van der Waals surface area contributed by atoms with Gasteiger partial charge in [0, 0.05) is 11.0 Å². The third kappa shape index (κ3) is 1.47. The van der Waals surface area contributed by atoms with Crippen LogP contribution in [0.5, 0.6) is 0 Å². The van der Waals surface area contributed by atoms with Crippen molar-refractivity contribution in [3.63, 3.8) is 0 Å². The Morgan fingerprint density at radius 2 is 1.86 bits per heavy atom. The minimum atomic E-state index is -0.629. The fourth-order valence-electron chi connectivity index (χ4n) is 7.25. The number of hydrogen-bond acceptors (Lipinski definition) is 1. The third-order valence-electron chi connectivity index (χ3n) is 8.18. The first-order valence-electron chi connectivity index (χ1n) is 8.97. The molecule has 1 N–H and O–H groups in total. The highest BCUT2D eigenvalue weighted by Crippen LogP contribution is 2.76. The predicted molar refractivity (Wildman–Crippen MR) is 82.9 cm³/mol. The van der Waals surface area contributed by atoms with Crippen molar-refractivity contribution in [2.24, 2.45) is 28.6 Å². The van der Waals surface area contributed by atoms with Gasteiger partial charge in [-0.05, 0) is 68.1 Å². The van der Waals surface area contributed by atoms with Crippen molar-refractivity contribution < 1.29 is 9.90 Å². The maximum atomic E-state index is 11.7. The zero-order valence-corrected chi connectivity index (χ0v) is 13.5. The Kier molecular flexibility index (Phi) is 2.88. The van der Waals surface area contributed by atoms with Crippen molar-refractivity contribution in [3.05, 3.63) is 11.1 Å². The highest BCUT2D eigenvalue weighted by atomic mass is 16.4. The van der Waals surface area contributed by atoms with E-state index < -0.39 is 5.97 Å². The normalized spacial score (nSPS) is 46.2. The Labute approximate surface area is 128 Å². The topological polar surface area (TPSA) is 37.3 Å². The molecule has 0 aliphatic heterocycles. The molecule has 2 nitrogen and oxygen atoms in total. The lowest BCUT2D eigenvalue weighted by molar-refractivity contribution is -0.132. The van der Waals surface area contributed by atoms with E-state index in [0.29, 0.717) is 11.3 Å². The molecule has 4 atom stereocenters. The van der Waals surface area contributed by atoms with Gasteiger partial charge in [-0.2, -0.15) is 0 Å². The van der Waals surface area contributed by atoms with Crippen LogP contribution in [0.4, 0.5) is 0 Å². The summed E-state index contributed by atoms with van der Waals surface area (Å²) in [6.45, 7) is 4.97. The van der Waals surface area contributed by atoms with Crippen LogP contribution in [0.3, 0.4) is 0 Å². The van der Waals surface area contributed by atoms with Gasteiger partial charge in [0.1, 0.15) is 0 Å². The molecule has 0 amide bonds. The monoisotopic (exact) mass is 288 g/mol. The molecule has 2 heteroatoms. The van der Waals surface area contributed by atoms with Crippen LogP contribution in [-0.4, -0.2) is 11.1 Å². The second-order valence-corrected chi connectivity index (χ2v) is 8.38. The lowest BCUT2D eigenvalue weighted by Gasteiger charge is -2.56. The van der Waals surface area contributed by atoms with Gasteiger partial charge >= 0.3 is 5.97 Å². The predicted octanol–water partition coefficient (Wildman–Crippen LogP) is 4.79. The number of allylic oxidation sites excluding steroid dienone is 1. The largest absolute Gasteiger partial charge is 0.478 e. The molecular weight excluding hydrogens is 260 g/mol. The van der Waals surface area contributed by atoms with Gasteiger partial charge in [-0.15, -0.1) is 0 Å². The van der Waals surface area contributed by atoms with Crippen molar-refractivity contribution in [2.75, 3.05) is 0 Å². The molecule has 0 aromatic carbocycles. The van der Waals surface area contributed by atoms with Crippen molar-refractivity contribution in [1.29, 1.82) is 0 Å². The molecule has 0 saturated heterocycles. The Morgan fingerprint density at radius 1 is 1.14 bits per heavy atom. The molecule has 3 saturated carbocycles. The zero-order chi connectivity index (χ0) is 14.8. The van der Waals surface area contributed by atoms with Crippen LogP contribution in [-0.2, 0) is 4.79 Å². The number of carbonyl (C=O) groups is 1. The Bertz CT molecular complexity index is 514. The summed E-state index contributed by atoms with van der Waals surface area (Å²) in [5.41, 5.74) is 2.81. The molecule has 4 aliphatic rings. The van der Waals surface area contributed by atoms with Gasteiger partial charge in [0.2, 0.25) is 0 Å². The molecule has 4 aliphatic carbocycles. The third-order valence-corrected chi connectivity index (χ3v) is 8.18. The van der Waals surface area contributed by atoms with E-state index in [1.807, 2.05) is 0 Å². The zero-order valence-electron chi connectivity index (χ0n) is 13.5. The number of fused-ring (bicyclic) bond motifs is 1. The van der Waals surface area contributed by atoms with Crippen molar-refractivity contribution in [1.82, 2.24) is 0 Å². The van der Waals surface area contributed by atoms with Crippen LogP contribution in [0.15, 0.2) is 11.1 Å². The van der Waals surface area contributed by atoms with Crippen molar-refractivity contribution in [3.8, 4) is 0 Å². The molecule has 4 rings (SSSR count). The summed E-state index contributed by atoms with van der Waals surface area (Å²) in [6, 6.07) is 0. The standard InChI is InChI=1S/C19H28O2/c1-12-7-8-14-11-16-15(17(20)21)9-10-19(12,16)18(14,2)13-5-3-4-6-13/h12-14H,3-11H2,1-2H3,(H,20,21). The van der Waals surface area contributed by atoms with Crippen LogP contribution in [0.2, 0.25) is 0 Å². The van der Waals surface area contributed by atoms with Gasteiger partial charge < -0.3 is 5.11 Å². The number of carboxylic acid groups (broad SMARTS) is 1. The first-order valence-corrected chi connectivity index (χ1v) is 8.97. The van der Waals surface area contributed by atoms with Gasteiger partial charge in [0.05, 0.1) is 0 Å². The highest BCUT2D eigenvalue weighted by molar-refractivity contribution is 5.89. The smallest absolute Gasteiger partial charge is 0.331 e. The highest BCUT2D eigenvalue weighted by Gasteiger charge is 2.68. The molecule has 1 spiro atoms. The van der Waals surface area contributed by atoms with Crippen LogP contribution in [0.25, 0.3) is 0 Å². The molecule has 3 fully saturated rings. The summed E-state index contributed by atoms with van der Waals surface area (Å²) in [5, 5.41) is 9.64. The summed E-state index contributed by atoms with van der Waals surface area (Å²) >= 11 is 0. The average Bonchev–Trinajstić information content (AvgIpc) is 3.11. The minimum Gasteiger partial charge on any atom is -0.478 e. The fourth-order valence-corrected chi connectivity index (χ4v) is 7.25. The van der Waals surface area contributed by atoms with Crippen molar-refractivity contribution in [2.45, 2.75) is 71.6 Å². The molecule has 0 radical (unpaired) electrons. The van der Waals surface area contributed by atoms with E-state index in [1.54, 1.807) is 0 Å². The molecule has 21 heavy (non-hydrogen) atoms. The van der Waals surface area contributed by atoms with Crippen LogP contribution < -0.4 is 0 Å². The lowest BCUT2D eigenvalue weighted by Crippen LogP contribution is -2.50. The van der Waals surface area contributed by atoms with E-state index in [0.717, 1.165) is 36.7 Å². The molecule has 0 aromatic rings. The van der Waals surface area contributed by atoms with Crippen LogP contribution in [0.1, 0.15) is 71.6 Å². The minimum absolute atomic E-state index is 0.235. The van der Waals surface area contributed by atoms with Crippen LogP contribution in [0, 0.1) is 28.6 Å². The molecule has 2 bridgehead atoms. The summed E-state index contributed by atoms with van der Waals surface area (Å²) in [7, 11) is 0. The van der Waals surface area contributed by atoms with Gasteiger partial charge in [-0.25, -0.2) is 4.79 Å². The maximum absolute atomic E-state index is 11.7. The first-order chi connectivity index (χ1) is 10.0. The Hall–Kier alpha value is -0.790. The Balaban J connectivity index is 1.88. The summed E-state index contributed by atoms with van der Waals surface area (Å²) in [5.74, 6) is 1.64. The molecule has 4 unspecified atom stereocenters. The van der Waals surface area contributed by atoms with E-state index in [9.17, 15) is 9.90 Å². The first kappa shape index (κ1) is 13.8. The van der Waals surface area contributed by atoms with E-state index in [4.69, 9.17) is 0 Å². The molecule has 0 heterocycles.